The molecule has 0 radical (unpaired) electrons. The van der Waals surface area contributed by atoms with Crippen LogP contribution in [-0.2, 0) is 14.3 Å². The largest absolute Gasteiger partial charge is 0.459 e. The first-order chi connectivity index (χ1) is 12.5. The minimum atomic E-state index is -0.992. The van der Waals surface area contributed by atoms with Crippen molar-refractivity contribution in [2.75, 3.05) is 25.6 Å². The van der Waals surface area contributed by atoms with Crippen LogP contribution in [0.25, 0.3) is 0 Å². The average molecular weight is 360 g/mol. The van der Waals surface area contributed by atoms with Gasteiger partial charge in [0.05, 0.1) is 24.1 Å². The predicted molar refractivity (Wildman–Crippen MR) is 92.9 cm³/mol. The molecule has 0 saturated heterocycles. The quantitative estimate of drug-likeness (QED) is 0.549. The number of ether oxygens (including phenoxy) is 2. The first-order valence-corrected chi connectivity index (χ1v) is 7.94. The summed E-state index contributed by atoms with van der Waals surface area (Å²) in [6, 6.07) is 9.43. The molecule has 0 bridgehead atoms. The van der Waals surface area contributed by atoms with Crippen LogP contribution in [0.4, 0.5) is 5.69 Å². The lowest BCUT2D eigenvalue weighted by Gasteiger charge is -2.15. The van der Waals surface area contributed by atoms with E-state index >= 15 is 0 Å². The standard InChI is InChI=1S/C18H20N2O6/c1-12(16(21)19-9-11-24-2)26-18(23)13-6-3-4-7-14(13)20-17(22)15-8-5-10-25-15/h3-8,10,12H,9,11H2,1-2H3,(H,19,21)(H,20,22)/t12-/m0/s1. The minimum Gasteiger partial charge on any atom is -0.459 e. The number of nitrogens with one attached hydrogen (secondary N) is 2. The molecule has 0 saturated carbocycles. The lowest BCUT2D eigenvalue weighted by atomic mass is 10.1. The van der Waals surface area contributed by atoms with E-state index in [-0.39, 0.29) is 17.0 Å². The molecule has 1 atom stereocenters. The Kier molecular flexibility index (Phi) is 6.92. The molecule has 26 heavy (non-hydrogen) atoms. The van der Waals surface area contributed by atoms with Crippen molar-refractivity contribution >= 4 is 23.5 Å². The summed E-state index contributed by atoms with van der Waals surface area (Å²) in [6.07, 6.45) is 0.382. The van der Waals surface area contributed by atoms with Crippen molar-refractivity contribution in [1.82, 2.24) is 5.32 Å². The first-order valence-electron chi connectivity index (χ1n) is 7.94. The van der Waals surface area contributed by atoms with Crippen molar-refractivity contribution < 1.29 is 28.3 Å². The van der Waals surface area contributed by atoms with Crippen molar-refractivity contribution in [3.63, 3.8) is 0 Å². The fraction of sp³-hybridized carbons (Fsp3) is 0.278. The molecule has 1 aromatic heterocycles. The molecule has 0 aliphatic carbocycles. The normalized spacial score (nSPS) is 11.5. The third-order valence-corrected chi connectivity index (χ3v) is 3.40. The molecule has 0 aliphatic heterocycles. The zero-order valence-electron chi connectivity index (χ0n) is 14.5. The number of amides is 2. The van der Waals surface area contributed by atoms with Crippen molar-refractivity contribution in [3.8, 4) is 0 Å². The van der Waals surface area contributed by atoms with Crippen LogP contribution in [0, 0.1) is 0 Å². The van der Waals surface area contributed by atoms with Crippen LogP contribution in [0.15, 0.2) is 47.1 Å². The molecule has 2 rings (SSSR count). The summed E-state index contributed by atoms with van der Waals surface area (Å²) in [5.74, 6) is -1.55. The molecule has 8 heteroatoms. The maximum absolute atomic E-state index is 12.4. The van der Waals surface area contributed by atoms with E-state index in [0.717, 1.165) is 0 Å². The van der Waals surface area contributed by atoms with Gasteiger partial charge in [0.25, 0.3) is 11.8 Å². The van der Waals surface area contributed by atoms with E-state index in [1.807, 2.05) is 0 Å². The van der Waals surface area contributed by atoms with Gasteiger partial charge in [-0.05, 0) is 31.2 Å². The van der Waals surface area contributed by atoms with Gasteiger partial charge >= 0.3 is 5.97 Å². The maximum atomic E-state index is 12.4. The molecule has 2 amide bonds. The van der Waals surface area contributed by atoms with Crippen molar-refractivity contribution in [2.45, 2.75) is 13.0 Å². The summed E-state index contributed by atoms with van der Waals surface area (Å²) in [6.45, 7) is 2.13. The number of carbonyl (C=O) groups is 3. The number of anilines is 1. The summed E-state index contributed by atoms with van der Waals surface area (Å²) in [5, 5.41) is 5.17. The number of hydrogen-bond acceptors (Lipinski definition) is 6. The van der Waals surface area contributed by atoms with Gasteiger partial charge in [-0.2, -0.15) is 0 Å². The second-order valence-electron chi connectivity index (χ2n) is 5.31. The van der Waals surface area contributed by atoms with Crippen molar-refractivity contribution in [1.29, 1.82) is 0 Å². The number of hydrogen-bond donors (Lipinski definition) is 2. The minimum absolute atomic E-state index is 0.110. The van der Waals surface area contributed by atoms with Gasteiger partial charge < -0.3 is 24.5 Å². The number of furan rings is 1. The van der Waals surface area contributed by atoms with E-state index in [4.69, 9.17) is 13.9 Å². The van der Waals surface area contributed by atoms with Crippen LogP contribution in [0.3, 0.4) is 0 Å². The topological polar surface area (TPSA) is 107 Å². The molecule has 0 fully saturated rings. The molecule has 0 spiro atoms. The molecule has 2 N–H and O–H groups in total. The molecule has 1 aromatic carbocycles. The number of para-hydroxylation sites is 1. The maximum Gasteiger partial charge on any atom is 0.341 e. The lowest BCUT2D eigenvalue weighted by molar-refractivity contribution is -0.129. The average Bonchev–Trinajstić information content (AvgIpc) is 3.17. The number of methoxy groups -OCH3 is 1. The Morgan fingerprint density at radius 3 is 2.62 bits per heavy atom. The second-order valence-corrected chi connectivity index (χ2v) is 5.31. The van der Waals surface area contributed by atoms with E-state index in [1.165, 1.54) is 32.4 Å². The third kappa shape index (κ3) is 5.18. The molecular formula is C18H20N2O6. The van der Waals surface area contributed by atoms with Crippen LogP contribution in [0.5, 0.6) is 0 Å². The highest BCUT2D eigenvalue weighted by molar-refractivity contribution is 6.06. The van der Waals surface area contributed by atoms with Gasteiger partial charge in [-0.15, -0.1) is 0 Å². The van der Waals surface area contributed by atoms with Crippen LogP contribution in [0.2, 0.25) is 0 Å². The Labute approximate surface area is 150 Å². The van der Waals surface area contributed by atoms with Crippen LogP contribution < -0.4 is 10.6 Å². The summed E-state index contributed by atoms with van der Waals surface area (Å²) < 4.78 is 15.0. The fourth-order valence-corrected chi connectivity index (χ4v) is 2.06. The van der Waals surface area contributed by atoms with Crippen molar-refractivity contribution in [3.05, 3.63) is 54.0 Å². The van der Waals surface area contributed by atoms with Gasteiger partial charge in [0, 0.05) is 13.7 Å². The Morgan fingerprint density at radius 2 is 1.92 bits per heavy atom. The Morgan fingerprint density at radius 1 is 1.15 bits per heavy atom. The van der Waals surface area contributed by atoms with Gasteiger partial charge in [0.15, 0.2) is 11.9 Å². The zero-order chi connectivity index (χ0) is 18.9. The predicted octanol–water partition coefficient (Wildman–Crippen LogP) is 1.84. The lowest BCUT2D eigenvalue weighted by Crippen LogP contribution is -2.37. The third-order valence-electron chi connectivity index (χ3n) is 3.40. The van der Waals surface area contributed by atoms with Crippen molar-refractivity contribution in [2.24, 2.45) is 0 Å². The first kappa shape index (κ1) is 19.2. The van der Waals surface area contributed by atoms with E-state index < -0.39 is 23.9 Å². The highest BCUT2D eigenvalue weighted by atomic mass is 16.5. The molecule has 138 valence electrons. The number of esters is 1. The molecule has 2 aromatic rings. The van der Waals surface area contributed by atoms with E-state index in [9.17, 15) is 14.4 Å². The van der Waals surface area contributed by atoms with Crippen LogP contribution in [-0.4, -0.2) is 44.1 Å². The van der Waals surface area contributed by atoms with Gasteiger partial charge in [-0.1, -0.05) is 12.1 Å². The number of rotatable bonds is 8. The molecule has 1 heterocycles. The Balaban J connectivity index is 2.02. The molecule has 0 unspecified atom stereocenters. The fourth-order valence-electron chi connectivity index (χ4n) is 2.06. The van der Waals surface area contributed by atoms with Gasteiger partial charge in [0.2, 0.25) is 0 Å². The van der Waals surface area contributed by atoms with Gasteiger partial charge in [-0.3, -0.25) is 9.59 Å². The summed E-state index contributed by atoms with van der Waals surface area (Å²) in [4.78, 5) is 36.3. The van der Waals surface area contributed by atoms with E-state index in [1.54, 1.807) is 24.3 Å². The van der Waals surface area contributed by atoms with E-state index in [0.29, 0.717) is 13.2 Å². The highest BCUT2D eigenvalue weighted by Gasteiger charge is 2.21. The SMILES string of the molecule is COCCNC(=O)[C@H](C)OC(=O)c1ccccc1NC(=O)c1ccco1. The summed E-state index contributed by atoms with van der Waals surface area (Å²) in [5.41, 5.74) is 0.384. The van der Waals surface area contributed by atoms with Crippen LogP contribution in [0.1, 0.15) is 27.8 Å². The molecule has 0 aliphatic rings. The monoisotopic (exact) mass is 360 g/mol. The number of benzene rings is 1. The molecule has 8 nitrogen and oxygen atoms in total. The number of carbonyl (C=O) groups excluding carboxylic acids is 3. The summed E-state index contributed by atoms with van der Waals surface area (Å²) >= 11 is 0. The van der Waals surface area contributed by atoms with E-state index in [2.05, 4.69) is 10.6 Å². The Hall–Kier alpha value is -3.13. The van der Waals surface area contributed by atoms with Gasteiger partial charge in [0.1, 0.15) is 0 Å². The second kappa shape index (κ2) is 9.38. The summed E-state index contributed by atoms with van der Waals surface area (Å²) in [7, 11) is 1.52. The van der Waals surface area contributed by atoms with Crippen LogP contribution >= 0.6 is 0 Å². The van der Waals surface area contributed by atoms with Gasteiger partial charge in [-0.25, -0.2) is 4.79 Å². The highest BCUT2D eigenvalue weighted by Crippen LogP contribution is 2.18. The molecular weight excluding hydrogens is 340 g/mol. The zero-order valence-corrected chi connectivity index (χ0v) is 14.5. The smallest absolute Gasteiger partial charge is 0.341 e. The Bertz CT molecular complexity index is 757.